The van der Waals surface area contributed by atoms with Gasteiger partial charge in [0.15, 0.2) is 0 Å². The first kappa shape index (κ1) is 18.8. The number of nitrogens with zero attached hydrogens (tertiary/aromatic N) is 1. The molecule has 4 nitrogen and oxygen atoms in total. The summed E-state index contributed by atoms with van der Waals surface area (Å²) in [7, 11) is 0. The number of hydrogen-bond acceptors (Lipinski definition) is 3. The molecule has 0 saturated heterocycles. The van der Waals surface area contributed by atoms with Crippen molar-refractivity contribution in [2.75, 3.05) is 10.6 Å². The summed E-state index contributed by atoms with van der Waals surface area (Å²) in [5.41, 5.74) is 2.93. The zero-order valence-electron chi connectivity index (χ0n) is 15.0. The van der Waals surface area contributed by atoms with Crippen LogP contribution in [0.5, 0.6) is 0 Å². The Labute approximate surface area is 169 Å². The number of amides is 2. The highest BCUT2D eigenvalue weighted by atomic mass is 32.1. The molecule has 0 unspecified atom stereocenters. The molecule has 1 heterocycles. The lowest BCUT2D eigenvalue weighted by atomic mass is 10.1. The molecule has 2 N–H and O–H groups in total. The van der Waals surface area contributed by atoms with Crippen LogP contribution in [-0.4, -0.2) is 11.0 Å². The van der Waals surface area contributed by atoms with E-state index in [0.717, 1.165) is 40.0 Å². The van der Waals surface area contributed by atoms with Gasteiger partial charge in [0.05, 0.1) is 11.4 Å². The number of nitrogens with one attached hydrogen (secondary N) is 2. The van der Waals surface area contributed by atoms with Crippen molar-refractivity contribution >= 4 is 28.7 Å². The molecule has 0 saturated carbocycles. The van der Waals surface area contributed by atoms with Gasteiger partial charge in [-0.1, -0.05) is 42.5 Å². The van der Waals surface area contributed by atoms with Crippen LogP contribution in [0, 0.1) is 11.6 Å². The SMILES string of the molecule is O=C(Nc1cccc(-c2csc(-c3ccccc3)n2)c1)Nc1cc(F)ccc1F. The molecular formula is C22H15F2N3OS. The summed E-state index contributed by atoms with van der Waals surface area (Å²) in [5.74, 6) is -1.35. The summed E-state index contributed by atoms with van der Waals surface area (Å²) < 4.78 is 26.9. The average molecular weight is 407 g/mol. The number of benzene rings is 3. The second-order valence-electron chi connectivity index (χ2n) is 6.19. The van der Waals surface area contributed by atoms with Crippen LogP contribution in [0.2, 0.25) is 0 Å². The van der Waals surface area contributed by atoms with Crippen LogP contribution in [-0.2, 0) is 0 Å². The van der Waals surface area contributed by atoms with E-state index in [2.05, 4.69) is 15.6 Å². The molecule has 0 fully saturated rings. The third kappa shape index (κ3) is 4.47. The van der Waals surface area contributed by atoms with E-state index in [-0.39, 0.29) is 5.69 Å². The summed E-state index contributed by atoms with van der Waals surface area (Å²) in [6.07, 6.45) is 0. The molecule has 4 rings (SSSR count). The number of aromatic nitrogens is 1. The smallest absolute Gasteiger partial charge is 0.308 e. The number of anilines is 2. The van der Waals surface area contributed by atoms with E-state index < -0.39 is 17.7 Å². The average Bonchev–Trinajstić information content (AvgIpc) is 3.22. The first-order chi connectivity index (χ1) is 14.1. The molecule has 4 aromatic rings. The van der Waals surface area contributed by atoms with E-state index in [1.54, 1.807) is 18.2 Å². The van der Waals surface area contributed by atoms with E-state index >= 15 is 0 Å². The maximum absolute atomic E-state index is 13.7. The van der Waals surface area contributed by atoms with Gasteiger partial charge in [-0.2, -0.15) is 0 Å². The van der Waals surface area contributed by atoms with Crippen molar-refractivity contribution in [3.63, 3.8) is 0 Å². The molecule has 144 valence electrons. The van der Waals surface area contributed by atoms with Crippen LogP contribution < -0.4 is 10.6 Å². The molecule has 3 aromatic carbocycles. The maximum atomic E-state index is 13.7. The van der Waals surface area contributed by atoms with Gasteiger partial charge in [0.25, 0.3) is 0 Å². The Morgan fingerprint density at radius 1 is 0.862 bits per heavy atom. The lowest BCUT2D eigenvalue weighted by Crippen LogP contribution is -2.20. The van der Waals surface area contributed by atoms with E-state index in [1.165, 1.54) is 11.3 Å². The molecule has 0 atom stereocenters. The number of urea groups is 1. The first-order valence-electron chi connectivity index (χ1n) is 8.73. The third-order valence-electron chi connectivity index (χ3n) is 4.12. The fourth-order valence-electron chi connectivity index (χ4n) is 2.75. The van der Waals surface area contributed by atoms with E-state index in [9.17, 15) is 13.6 Å². The standard InChI is InChI=1S/C22H15F2N3OS/c23-16-9-10-18(24)19(12-16)27-22(28)25-17-8-4-7-15(11-17)20-13-29-21(26-20)14-5-2-1-3-6-14/h1-13H,(H2,25,27,28). The normalized spacial score (nSPS) is 10.6. The molecule has 0 bridgehead atoms. The predicted octanol–water partition coefficient (Wildman–Crippen LogP) is 6.40. The quantitative estimate of drug-likeness (QED) is 0.411. The van der Waals surface area contributed by atoms with Gasteiger partial charge < -0.3 is 10.6 Å². The summed E-state index contributed by atoms with van der Waals surface area (Å²) in [5, 5.41) is 7.78. The Hall–Kier alpha value is -3.58. The monoisotopic (exact) mass is 407 g/mol. The van der Waals surface area contributed by atoms with Gasteiger partial charge in [0.1, 0.15) is 16.6 Å². The van der Waals surface area contributed by atoms with Crippen molar-refractivity contribution in [1.29, 1.82) is 0 Å². The van der Waals surface area contributed by atoms with Gasteiger partial charge in [0, 0.05) is 28.3 Å². The Kier molecular flexibility index (Phi) is 5.31. The van der Waals surface area contributed by atoms with E-state index in [0.29, 0.717) is 5.69 Å². The summed E-state index contributed by atoms with van der Waals surface area (Å²) in [6, 6.07) is 19.2. The highest BCUT2D eigenvalue weighted by molar-refractivity contribution is 7.13. The number of carbonyl (C=O) groups is 1. The molecule has 0 aliphatic rings. The Morgan fingerprint density at radius 3 is 2.48 bits per heavy atom. The van der Waals surface area contributed by atoms with Gasteiger partial charge in [-0.25, -0.2) is 18.6 Å². The zero-order chi connectivity index (χ0) is 20.2. The van der Waals surface area contributed by atoms with Crippen LogP contribution >= 0.6 is 11.3 Å². The maximum Gasteiger partial charge on any atom is 0.323 e. The van der Waals surface area contributed by atoms with Crippen LogP contribution in [0.1, 0.15) is 0 Å². The molecule has 2 amide bonds. The van der Waals surface area contributed by atoms with Crippen molar-refractivity contribution in [2.24, 2.45) is 0 Å². The second kappa shape index (κ2) is 8.20. The zero-order valence-corrected chi connectivity index (χ0v) is 15.8. The van der Waals surface area contributed by atoms with Crippen LogP contribution in [0.4, 0.5) is 25.0 Å². The van der Waals surface area contributed by atoms with Crippen molar-refractivity contribution in [2.45, 2.75) is 0 Å². The number of halogens is 2. The lowest BCUT2D eigenvalue weighted by Gasteiger charge is -2.09. The highest BCUT2D eigenvalue weighted by Gasteiger charge is 2.10. The third-order valence-corrected chi connectivity index (χ3v) is 5.01. The van der Waals surface area contributed by atoms with Gasteiger partial charge in [-0.05, 0) is 24.3 Å². The summed E-state index contributed by atoms with van der Waals surface area (Å²) in [6.45, 7) is 0. The molecule has 1 aromatic heterocycles. The fourth-order valence-corrected chi connectivity index (χ4v) is 3.59. The molecule has 0 aliphatic heterocycles. The molecular weight excluding hydrogens is 392 g/mol. The van der Waals surface area contributed by atoms with Gasteiger partial charge >= 0.3 is 6.03 Å². The summed E-state index contributed by atoms with van der Waals surface area (Å²) >= 11 is 1.53. The van der Waals surface area contributed by atoms with Gasteiger partial charge in [0.2, 0.25) is 0 Å². The first-order valence-corrected chi connectivity index (χ1v) is 9.61. The lowest BCUT2D eigenvalue weighted by molar-refractivity contribution is 0.262. The van der Waals surface area contributed by atoms with Crippen LogP contribution in [0.15, 0.2) is 78.2 Å². The molecule has 0 spiro atoms. The highest BCUT2D eigenvalue weighted by Crippen LogP contribution is 2.30. The van der Waals surface area contributed by atoms with Crippen LogP contribution in [0.3, 0.4) is 0 Å². The number of thiazole rings is 1. The van der Waals surface area contributed by atoms with Crippen molar-refractivity contribution in [1.82, 2.24) is 4.98 Å². The minimum Gasteiger partial charge on any atom is -0.308 e. The minimum absolute atomic E-state index is 0.231. The summed E-state index contributed by atoms with van der Waals surface area (Å²) in [4.78, 5) is 16.8. The Bertz CT molecular complexity index is 1160. The van der Waals surface area contributed by atoms with E-state index in [1.807, 2.05) is 41.8 Å². The minimum atomic E-state index is -0.716. The predicted molar refractivity (Wildman–Crippen MR) is 112 cm³/mol. The number of rotatable bonds is 4. The topological polar surface area (TPSA) is 54.0 Å². The van der Waals surface area contributed by atoms with Gasteiger partial charge in [-0.3, -0.25) is 0 Å². The largest absolute Gasteiger partial charge is 0.323 e. The molecule has 0 radical (unpaired) electrons. The second-order valence-corrected chi connectivity index (χ2v) is 7.05. The number of carbonyl (C=O) groups excluding carboxylic acids is 1. The van der Waals surface area contributed by atoms with Crippen molar-refractivity contribution in [3.05, 3.63) is 89.8 Å². The van der Waals surface area contributed by atoms with Gasteiger partial charge in [-0.15, -0.1) is 11.3 Å². The Morgan fingerprint density at radius 2 is 1.66 bits per heavy atom. The molecule has 7 heteroatoms. The Balaban J connectivity index is 1.50. The fraction of sp³-hybridized carbons (Fsp3) is 0. The van der Waals surface area contributed by atoms with E-state index in [4.69, 9.17) is 0 Å². The van der Waals surface area contributed by atoms with Crippen molar-refractivity contribution < 1.29 is 13.6 Å². The van der Waals surface area contributed by atoms with Crippen LogP contribution in [0.25, 0.3) is 21.8 Å². The number of hydrogen-bond donors (Lipinski definition) is 2. The van der Waals surface area contributed by atoms with Crippen molar-refractivity contribution in [3.8, 4) is 21.8 Å². The molecule has 29 heavy (non-hydrogen) atoms. The molecule has 0 aliphatic carbocycles.